The standard InChI is InChI=1S/C17H17NO4/c1-18-13-9-8-12-14(17(13,20)22-3)16(21-2)11-7-5-4-6-10(11)15(12)19/h4-9,19-20H,1-3H3. The highest BCUT2D eigenvalue weighted by Crippen LogP contribution is 2.48. The number of aliphatic imine (C=N–C) groups is 1. The van der Waals surface area contributed by atoms with Gasteiger partial charge in [-0.05, 0) is 12.2 Å². The van der Waals surface area contributed by atoms with Crippen LogP contribution in [0.1, 0.15) is 11.1 Å². The summed E-state index contributed by atoms with van der Waals surface area (Å²) >= 11 is 0. The van der Waals surface area contributed by atoms with E-state index in [-0.39, 0.29) is 5.75 Å². The van der Waals surface area contributed by atoms with Gasteiger partial charge in [-0.2, -0.15) is 0 Å². The van der Waals surface area contributed by atoms with Crippen molar-refractivity contribution >= 4 is 22.6 Å². The molecular formula is C17H17NO4. The Morgan fingerprint density at radius 2 is 1.77 bits per heavy atom. The molecule has 2 aromatic carbocycles. The van der Waals surface area contributed by atoms with Crippen molar-refractivity contribution in [1.82, 2.24) is 0 Å². The second kappa shape index (κ2) is 5.12. The SMILES string of the molecule is CN=C1C=Cc2c(c(OC)c3ccccc3c2O)C1(O)OC. The summed E-state index contributed by atoms with van der Waals surface area (Å²) in [6, 6.07) is 7.31. The number of rotatable bonds is 2. The Morgan fingerprint density at radius 3 is 2.36 bits per heavy atom. The van der Waals surface area contributed by atoms with Crippen LogP contribution < -0.4 is 4.74 Å². The molecule has 114 valence electrons. The second-order valence-corrected chi connectivity index (χ2v) is 5.01. The number of fused-ring (bicyclic) bond motifs is 2. The van der Waals surface area contributed by atoms with Gasteiger partial charge in [0, 0.05) is 30.5 Å². The summed E-state index contributed by atoms with van der Waals surface area (Å²) < 4.78 is 10.9. The zero-order chi connectivity index (χ0) is 15.9. The van der Waals surface area contributed by atoms with Gasteiger partial charge < -0.3 is 19.7 Å². The van der Waals surface area contributed by atoms with Crippen LogP contribution in [0.2, 0.25) is 0 Å². The maximum atomic E-state index is 11.0. The lowest BCUT2D eigenvalue weighted by atomic mass is 9.85. The summed E-state index contributed by atoms with van der Waals surface area (Å²) in [7, 11) is 4.48. The van der Waals surface area contributed by atoms with Gasteiger partial charge in [-0.1, -0.05) is 24.3 Å². The van der Waals surface area contributed by atoms with Gasteiger partial charge in [-0.15, -0.1) is 0 Å². The van der Waals surface area contributed by atoms with E-state index in [2.05, 4.69) is 4.99 Å². The van der Waals surface area contributed by atoms with Crippen molar-refractivity contribution in [2.45, 2.75) is 5.79 Å². The van der Waals surface area contributed by atoms with Crippen molar-refractivity contribution in [1.29, 1.82) is 0 Å². The average molecular weight is 299 g/mol. The molecule has 2 aromatic rings. The van der Waals surface area contributed by atoms with Crippen molar-refractivity contribution < 1.29 is 19.7 Å². The maximum absolute atomic E-state index is 11.0. The Hall–Kier alpha value is -2.37. The molecule has 0 spiro atoms. The molecule has 0 aromatic heterocycles. The Morgan fingerprint density at radius 1 is 1.09 bits per heavy atom. The lowest BCUT2D eigenvalue weighted by molar-refractivity contribution is -0.136. The Balaban J connectivity index is 2.52. The number of hydrogen-bond donors (Lipinski definition) is 2. The zero-order valence-electron chi connectivity index (χ0n) is 12.6. The number of nitrogens with zero attached hydrogens (tertiary/aromatic N) is 1. The van der Waals surface area contributed by atoms with Crippen molar-refractivity contribution in [3.05, 3.63) is 41.5 Å². The molecule has 0 heterocycles. The van der Waals surface area contributed by atoms with Crippen LogP contribution in [0.15, 0.2) is 35.3 Å². The minimum absolute atomic E-state index is 0.0771. The van der Waals surface area contributed by atoms with Crippen molar-refractivity contribution in [2.75, 3.05) is 21.3 Å². The molecule has 1 aliphatic carbocycles. The number of aromatic hydroxyl groups is 1. The predicted molar refractivity (Wildman–Crippen MR) is 85.5 cm³/mol. The van der Waals surface area contributed by atoms with Gasteiger partial charge in [-0.3, -0.25) is 4.99 Å². The van der Waals surface area contributed by atoms with Gasteiger partial charge in [0.15, 0.2) is 0 Å². The first-order chi connectivity index (χ1) is 10.6. The largest absolute Gasteiger partial charge is 0.507 e. The molecule has 5 nitrogen and oxygen atoms in total. The minimum atomic E-state index is -1.77. The number of phenols is 1. The molecule has 1 atom stereocenters. The second-order valence-electron chi connectivity index (χ2n) is 5.01. The molecule has 0 saturated heterocycles. The molecule has 22 heavy (non-hydrogen) atoms. The van der Waals surface area contributed by atoms with Crippen molar-refractivity contribution in [3.8, 4) is 11.5 Å². The van der Waals surface area contributed by atoms with E-state index in [9.17, 15) is 10.2 Å². The molecule has 5 heteroatoms. The maximum Gasteiger partial charge on any atom is 0.241 e. The molecule has 1 unspecified atom stereocenters. The van der Waals surface area contributed by atoms with Crippen LogP contribution in [0.4, 0.5) is 0 Å². The molecule has 1 aliphatic rings. The van der Waals surface area contributed by atoms with E-state index in [0.29, 0.717) is 33.4 Å². The first kappa shape index (κ1) is 14.6. The summed E-state index contributed by atoms with van der Waals surface area (Å²) in [6.45, 7) is 0. The Bertz CT molecular complexity index is 810. The van der Waals surface area contributed by atoms with E-state index in [4.69, 9.17) is 9.47 Å². The number of benzene rings is 2. The van der Waals surface area contributed by atoms with Crippen LogP contribution in [-0.4, -0.2) is 37.2 Å². The van der Waals surface area contributed by atoms with Crippen LogP contribution in [-0.2, 0) is 10.5 Å². The summed E-state index contributed by atoms with van der Waals surface area (Å²) in [6.07, 6.45) is 3.33. The fourth-order valence-electron chi connectivity index (χ4n) is 2.95. The fraction of sp³-hybridized carbons (Fsp3) is 0.235. The van der Waals surface area contributed by atoms with E-state index in [1.807, 2.05) is 18.2 Å². The fourth-order valence-corrected chi connectivity index (χ4v) is 2.95. The van der Waals surface area contributed by atoms with Crippen molar-refractivity contribution in [2.24, 2.45) is 4.99 Å². The average Bonchev–Trinajstić information content (AvgIpc) is 2.56. The summed E-state index contributed by atoms with van der Waals surface area (Å²) in [5, 5.41) is 22.9. The van der Waals surface area contributed by atoms with E-state index in [1.54, 1.807) is 25.3 Å². The highest BCUT2D eigenvalue weighted by atomic mass is 16.6. The number of phenolic OH excluding ortho intramolecular Hbond substituents is 1. The number of aliphatic hydroxyl groups is 1. The highest BCUT2D eigenvalue weighted by Gasteiger charge is 2.43. The van der Waals surface area contributed by atoms with E-state index in [1.165, 1.54) is 14.2 Å². The van der Waals surface area contributed by atoms with E-state index in [0.717, 1.165) is 0 Å². The van der Waals surface area contributed by atoms with Crippen LogP contribution in [0.3, 0.4) is 0 Å². The molecule has 0 saturated carbocycles. The zero-order valence-corrected chi connectivity index (χ0v) is 12.6. The monoisotopic (exact) mass is 299 g/mol. The van der Waals surface area contributed by atoms with Crippen molar-refractivity contribution in [3.63, 3.8) is 0 Å². The van der Waals surface area contributed by atoms with Gasteiger partial charge in [0.05, 0.1) is 18.4 Å². The molecule has 0 aliphatic heterocycles. The first-order valence-electron chi connectivity index (χ1n) is 6.83. The molecular weight excluding hydrogens is 282 g/mol. The number of methoxy groups -OCH3 is 2. The molecule has 2 N–H and O–H groups in total. The quantitative estimate of drug-likeness (QED) is 0.836. The van der Waals surface area contributed by atoms with Gasteiger partial charge in [-0.25, -0.2) is 0 Å². The molecule has 0 fully saturated rings. The minimum Gasteiger partial charge on any atom is -0.507 e. The third-order valence-electron chi connectivity index (χ3n) is 4.01. The third-order valence-corrected chi connectivity index (χ3v) is 4.01. The molecule has 0 bridgehead atoms. The Kier molecular flexibility index (Phi) is 3.39. The van der Waals surface area contributed by atoms with Crippen LogP contribution in [0.25, 0.3) is 16.8 Å². The van der Waals surface area contributed by atoms with E-state index >= 15 is 0 Å². The van der Waals surface area contributed by atoms with Gasteiger partial charge in [0.2, 0.25) is 5.79 Å². The topological polar surface area (TPSA) is 71.3 Å². The Labute approximate surface area is 128 Å². The lowest BCUT2D eigenvalue weighted by Gasteiger charge is -2.33. The van der Waals surface area contributed by atoms with Gasteiger partial charge in [0.1, 0.15) is 11.5 Å². The van der Waals surface area contributed by atoms with Crippen LogP contribution >= 0.6 is 0 Å². The molecule has 3 rings (SSSR count). The van der Waals surface area contributed by atoms with E-state index < -0.39 is 5.79 Å². The number of ether oxygens (including phenoxy) is 2. The third kappa shape index (κ3) is 1.76. The summed E-state index contributed by atoms with van der Waals surface area (Å²) in [5.41, 5.74) is 1.17. The van der Waals surface area contributed by atoms with Crippen LogP contribution in [0, 0.1) is 0 Å². The highest BCUT2D eigenvalue weighted by molar-refractivity contribution is 6.11. The first-order valence-corrected chi connectivity index (χ1v) is 6.83. The van der Waals surface area contributed by atoms with Gasteiger partial charge >= 0.3 is 0 Å². The summed E-state index contributed by atoms with van der Waals surface area (Å²) in [5.74, 6) is -1.24. The molecule has 0 amide bonds. The van der Waals surface area contributed by atoms with Crippen LogP contribution in [0.5, 0.6) is 11.5 Å². The smallest absolute Gasteiger partial charge is 0.241 e. The number of hydrogen-bond acceptors (Lipinski definition) is 5. The van der Waals surface area contributed by atoms with Gasteiger partial charge in [0.25, 0.3) is 0 Å². The predicted octanol–water partition coefficient (Wildman–Crippen LogP) is 2.44. The normalized spacial score (nSPS) is 22.1. The summed E-state index contributed by atoms with van der Waals surface area (Å²) in [4.78, 5) is 4.07. The lowest BCUT2D eigenvalue weighted by Crippen LogP contribution is -2.39. The molecule has 0 radical (unpaired) electrons.